The number of aromatic nitrogens is 1. The quantitative estimate of drug-likeness (QED) is 0.820. The van der Waals surface area contributed by atoms with Crippen LogP contribution in [0.15, 0.2) is 36.4 Å². The molecule has 92 valence electrons. The number of hydrogen-bond acceptors (Lipinski definition) is 4. The van der Waals surface area contributed by atoms with Crippen LogP contribution in [0.3, 0.4) is 0 Å². The summed E-state index contributed by atoms with van der Waals surface area (Å²) in [6, 6.07) is 10.2. The number of aromatic amines is 1. The van der Waals surface area contributed by atoms with Crippen molar-refractivity contribution in [1.29, 1.82) is 0 Å². The van der Waals surface area contributed by atoms with E-state index in [9.17, 15) is 5.11 Å². The maximum Gasteiger partial charge on any atom is 0.210 e. The number of aromatic hydroxyl groups is 1. The second kappa shape index (κ2) is 4.59. The number of benzene rings is 1. The highest BCUT2D eigenvalue weighted by Crippen LogP contribution is 2.37. The van der Waals surface area contributed by atoms with E-state index in [1.54, 1.807) is 0 Å². The van der Waals surface area contributed by atoms with Gasteiger partial charge < -0.3 is 15.0 Å². The number of anilines is 1. The highest BCUT2D eigenvalue weighted by molar-refractivity contribution is 7.73. The van der Waals surface area contributed by atoms with Gasteiger partial charge in [-0.1, -0.05) is 35.6 Å². The molecule has 18 heavy (non-hydrogen) atoms. The number of hydrogen-bond donors (Lipinski definition) is 2. The summed E-state index contributed by atoms with van der Waals surface area (Å²) < 4.78 is 0.600. The molecular formula is C13H12N2OS2. The van der Waals surface area contributed by atoms with Gasteiger partial charge in [-0.15, -0.1) is 0 Å². The average Bonchev–Trinajstić information content (AvgIpc) is 2.96. The maximum absolute atomic E-state index is 9.88. The van der Waals surface area contributed by atoms with E-state index < -0.39 is 0 Å². The molecule has 1 aliphatic rings. The Morgan fingerprint density at radius 1 is 1.28 bits per heavy atom. The van der Waals surface area contributed by atoms with Gasteiger partial charge in [-0.05, 0) is 30.8 Å². The van der Waals surface area contributed by atoms with Crippen molar-refractivity contribution in [3.05, 3.63) is 45.2 Å². The Morgan fingerprint density at radius 2 is 2.06 bits per heavy atom. The summed E-state index contributed by atoms with van der Waals surface area (Å²) in [5.41, 5.74) is 2.18. The number of H-pyrrole nitrogens is 1. The van der Waals surface area contributed by atoms with Crippen LogP contribution in [0.4, 0.5) is 5.69 Å². The number of para-hydroxylation sites is 1. The largest absolute Gasteiger partial charge is 0.493 e. The Morgan fingerprint density at radius 3 is 2.72 bits per heavy atom. The van der Waals surface area contributed by atoms with Crippen LogP contribution < -0.4 is 4.90 Å². The van der Waals surface area contributed by atoms with Crippen molar-refractivity contribution in [2.75, 3.05) is 11.4 Å². The molecule has 0 unspecified atom stereocenters. The molecule has 2 aromatic rings. The molecule has 0 saturated carbocycles. The highest BCUT2D eigenvalue weighted by atomic mass is 32.1. The molecule has 0 bridgehead atoms. The van der Waals surface area contributed by atoms with Crippen LogP contribution in [-0.2, 0) is 0 Å². The predicted molar refractivity (Wildman–Crippen MR) is 77.6 cm³/mol. The molecule has 2 heterocycles. The van der Waals surface area contributed by atoms with Gasteiger partial charge in [-0.25, -0.2) is 0 Å². The van der Waals surface area contributed by atoms with E-state index in [4.69, 9.17) is 12.2 Å². The van der Waals surface area contributed by atoms with E-state index in [1.807, 2.05) is 18.2 Å². The Labute approximate surface area is 114 Å². The Kier molecular flexibility index (Phi) is 2.93. The van der Waals surface area contributed by atoms with E-state index in [-0.39, 0.29) is 5.88 Å². The molecule has 0 atom stereocenters. The standard InChI is InChI=1S/C13H12N2OS2/c16-12-11(18-13(17)14-12)10-7-4-8-15(10)9-5-2-1-3-6-9/h1-3,5-7,16H,4,8H2,(H,14,17). The smallest absolute Gasteiger partial charge is 0.210 e. The number of rotatable bonds is 2. The van der Waals surface area contributed by atoms with Gasteiger partial charge in [0, 0.05) is 12.2 Å². The number of nitrogens with zero attached hydrogens (tertiary/aromatic N) is 1. The van der Waals surface area contributed by atoms with Crippen molar-refractivity contribution in [3.63, 3.8) is 0 Å². The summed E-state index contributed by atoms with van der Waals surface area (Å²) in [4.78, 5) is 5.80. The van der Waals surface area contributed by atoms with E-state index in [2.05, 4.69) is 28.1 Å². The lowest BCUT2D eigenvalue weighted by atomic mass is 10.2. The van der Waals surface area contributed by atoms with E-state index >= 15 is 0 Å². The Balaban J connectivity index is 2.02. The molecule has 5 heteroatoms. The zero-order valence-corrected chi connectivity index (χ0v) is 11.2. The molecule has 3 nitrogen and oxygen atoms in total. The van der Waals surface area contributed by atoms with Gasteiger partial charge in [0.1, 0.15) is 4.88 Å². The third kappa shape index (κ3) is 1.95. The second-order valence-electron chi connectivity index (χ2n) is 4.06. The number of thiazole rings is 1. The molecule has 1 aromatic carbocycles. The van der Waals surface area contributed by atoms with Gasteiger partial charge in [0.25, 0.3) is 0 Å². The van der Waals surface area contributed by atoms with Crippen molar-refractivity contribution >= 4 is 34.9 Å². The third-order valence-corrected chi connectivity index (χ3v) is 4.16. The van der Waals surface area contributed by atoms with Crippen LogP contribution >= 0.6 is 23.6 Å². The summed E-state index contributed by atoms with van der Waals surface area (Å²) in [6.45, 7) is 0.934. The molecule has 1 aliphatic heterocycles. The van der Waals surface area contributed by atoms with Crippen LogP contribution in [0.5, 0.6) is 5.88 Å². The summed E-state index contributed by atoms with van der Waals surface area (Å²) >= 11 is 6.48. The zero-order chi connectivity index (χ0) is 12.5. The topological polar surface area (TPSA) is 39.3 Å². The molecule has 0 amide bonds. The molecule has 0 fully saturated rings. The van der Waals surface area contributed by atoms with Gasteiger partial charge >= 0.3 is 0 Å². The first-order chi connectivity index (χ1) is 8.75. The van der Waals surface area contributed by atoms with Gasteiger partial charge in [0.05, 0.1) is 5.70 Å². The van der Waals surface area contributed by atoms with Crippen LogP contribution in [-0.4, -0.2) is 16.6 Å². The van der Waals surface area contributed by atoms with Gasteiger partial charge in [0.2, 0.25) is 5.88 Å². The summed E-state index contributed by atoms with van der Waals surface area (Å²) in [5.74, 6) is 0.166. The third-order valence-electron chi connectivity index (χ3n) is 2.91. The Bertz CT molecular complexity index is 643. The summed E-state index contributed by atoms with van der Waals surface area (Å²) in [7, 11) is 0. The van der Waals surface area contributed by atoms with Crippen molar-refractivity contribution in [2.45, 2.75) is 6.42 Å². The molecule has 2 N–H and O–H groups in total. The van der Waals surface area contributed by atoms with Crippen LogP contribution in [0.2, 0.25) is 0 Å². The molecule has 3 rings (SSSR count). The van der Waals surface area contributed by atoms with Gasteiger partial charge in [-0.3, -0.25) is 0 Å². The summed E-state index contributed by atoms with van der Waals surface area (Å²) in [6.07, 6.45) is 3.12. The first-order valence-electron chi connectivity index (χ1n) is 5.71. The fourth-order valence-corrected chi connectivity index (χ4v) is 3.27. The SMILES string of the molecule is Oc1[nH]c(=S)sc1C1=CCCN1c1ccccc1. The predicted octanol–water partition coefficient (Wildman–Crippen LogP) is 3.76. The lowest BCUT2D eigenvalue weighted by molar-refractivity contribution is 0.455. The fraction of sp³-hybridized carbons (Fsp3) is 0.154. The minimum atomic E-state index is 0.166. The monoisotopic (exact) mass is 276 g/mol. The fourth-order valence-electron chi connectivity index (χ4n) is 2.15. The van der Waals surface area contributed by atoms with Gasteiger partial charge in [-0.2, -0.15) is 0 Å². The molecule has 0 saturated heterocycles. The highest BCUT2D eigenvalue weighted by Gasteiger charge is 2.22. The summed E-state index contributed by atoms with van der Waals surface area (Å²) in [5, 5.41) is 9.88. The van der Waals surface area contributed by atoms with E-state index in [0.717, 1.165) is 29.2 Å². The van der Waals surface area contributed by atoms with Crippen molar-refractivity contribution < 1.29 is 5.11 Å². The molecule has 0 radical (unpaired) electrons. The minimum absolute atomic E-state index is 0.166. The minimum Gasteiger partial charge on any atom is -0.493 e. The van der Waals surface area contributed by atoms with Crippen molar-refractivity contribution in [3.8, 4) is 5.88 Å². The van der Waals surface area contributed by atoms with Crippen LogP contribution in [0, 0.1) is 3.95 Å². The van der Waals surface area contributed by atoms with Crippen molar-refractivity contribution in [1.82, 2.24) is 4.98 Å². The normalized spacial score (nSPS) is 14.9. The molecule has 0 spiro atoms. The second-order valence-corrected chi connectivity index (χ2v) is 5.74. The van der Waals surface area contributed by atoms with E-state index in [0.29, 0.717) is 3.95 Å². The lowest BCUT2D eigenvalue weighted by Crippen LogP contribution is -2.16. The van der Waals surface area contributed by atoms with Crippen LogP contribution in [0.1, 0.15) is 11.3 Å². The molecular weight excluding hydrogens is 264 g/mol. The van der Waals surface area contributed by atoms with Gasteiger partial charge in [0.15, 0.2) is 3.95 Å². The van der Waals surface area contributed by atoms with Crippen molar-refractivity contribution in [2.24, 2.45) is 0 Å². The maximum atomic E-state index is 9.88. The first-order valence-corrected chi connectivity index (χ1v) is 6.93. The molecule has 0 aliphatic carbocycles. The Hall–Kier alpha value is -1.59. The van der Waals surface area contributed by atoms with Crippen LogP contribution in [0.25, 0.3) is 5.70 Å². The zero-order valence-electron chi connectivity index (χ0n) is 9.59. The average molecular weight is 276 g/mol. The van der Waals surface area contributed by atoms with E-state index in [1.165, 1.54) is 11.3 Å². The molecule has 1 aromatic heterocycles. The lowest BCUT2D eigenvalue weighted by Gasteiger charge is -2.21. The first kappa shape index (κ1) is 11.5. The number of nitrogens with one attached hydrogen (secondary N) is 1.